The third-order valence-corrected chi connectivity index (χ3v) is 4.99. The Labute approximate surface area is 155 Å². The first-order valence-corrected chi connectivity index (χ1v) is 9.37. The Bertz CT molecular complexity index is 949. The van der Waals surface area contributed by atoms with E-state index in [-0.39, 0.29) is 12.3 Å². The zero-order valence-electron chi connectivity index (χ0n) is 14.0. The minimum Gasteiger partial charge on any atom is -0.350 e. The molecule has 0 fully saturated rings. The Hall–Kier alpha value is -2.24. The van der Waals surface area contributed by atoms with Crippen molar-refractivity contribution in [2.24, 2.45) is 12.1 Å². The summed E-state index contributed by atoms with van der Waals surface area (Å²) in [5.74, 6) is -0.172. The van der Waals surface area contributed by atoms with Crippen molar-refractivity contribution >= 4 is 46.4 Å². The highest BCUT2D eigenvalue weighted by molar-refractivity contribution is 7.98. The number of halogens is 1. The van der Waals surface area contributed by atoms with Gasteiger partial charge in [0.1, 0.15) is 0 Å². The molecule has 128 valence electrons. The SMILES string of the molecule is CSc1ccc(Cl)cc1CC(=O)N/N=C\c1cn(C)c2ccccc12. The molecule has 0 saturated heterocycles. The number of hydrogen-bond donors (Lipinski definition) is 1. The molecular formula is C19H18ClN3OS. The lowest BCUT2D eigenvalue weighted by Gasteiger charge is -2.06. The number of rotatable bonds is 5. The van der Waals surface area contributed by atoms with E-state index in [4.69, 9.17) is 11.6 Å². The summed E-state index contributed by atoms with van der Waals surface area (Å²) in [7, 11) is 1.99. The van der Waals surface area contributed by atoms with E-state index >= 15 is 0 Å². The lowest BCUT2D eigenvalue weighted by molar-refractivity contribution is -0.120. The number of hydrazone groups is 1. The largest absolute Gasteiger partial charge is 0.350 e. The van der Waals surface area contributed by atoms with Crippen LogP contribution in [-0.2, 0) is 18.3 Å². The van der Waals surface area contributed by atoms with Gasteiger partial charge in [-0.2, -0.15) is 5.10 Å². The van der Waals surface area contributed by atoms with Gasteiger partial charge in [0, 0.05) is 39.6 Å². The fourth-order valence-electron chi connectivity index (χ4n) is 2.75. The molecule has 4 nitrogen and oxygen atoms in total. The lowest BCUT2D eigenvalue weighted by Crippen LogP contribution is -2.20. The highest BCUT2D eigenvalue weighted by atomic mass is 35.5. The molecule has 0 aliphatic carbocycles. The van der Waals surface area contributed by atoms with E-state index in [0.29, 0.717) is 5.02 Å². The number of aryl methyl sites for hydroxylation is 1. The predicted octanol–water partition coefficient (Wildman–Crippen LogP) is 4.25. The van der Waals surface area contributed by atoms with Gasteiger partial charge in [-0.3, -0.25) is 4.79 Å². The smallest absolute Gasteiger partial charge is 0.244 e. The van der Waals surface area contributed by atoms with E-state index < -0.39 is 0 Å². The maximum absolute atomic E-state index is 12.2. The maximum Gasteiger partial charge on any atom is 0.244 e. The standard InChI is InChI=1S/C19H18ClN3OS/c1-23-12-14(16-5-3-4-6-17(16)23)11-21-22-19(24)10-13-9-15(20)7-8-18(13)25-2/h3-9,11-12H,10H2,1-2H3,(H,22,24)/b21-11-. The number of thioether (sulfide) groups is 1. The fraction of sp³-hybridized carbons (Fsp3) is 0.158. The van der Waals surface area contributed by atoms with Gasteiger partial charge in [-0.1, -0.05) is 29.8 Å². The number of nitrogens with zero attached hydrogens (tertiary/aromatic N) is 2. The van der Waals surface area contributed by atoms with E-state index in [9.17, 15) is 4.79 Å². The van der Waals surface area contributed by atoms with E-state index in [1.54, 1.807) is 18.0 Å². The number of fused-ring (bicyclic) bond motifs is 1. The number of hydrogen-bond acceptors (Lipinski definition) is 3. The third kappa shape index (κ3) is 4.06. The molecule has 0 unspecified atom stereocenters. The van der Waals surface area contributed by atoms with Crippen LogP contribution in [0.2, 0.25) is 5.02 Å². The molecule has 3 aromatic rings. The van der Waals surface area contributed by atoms with Crippen LogP contribution in [0.3, 0.4) is 0 Å². The van der Waals surface area contributed by atoms with Crippen LogP contribution in [0.25, 0.3) is 10.9 Å². The van der Waals surface area contributed by atoms with E-state index in [1.165, 1.54) is 0 Å². The first-order chi connectivity index (χ1) is 12.1. The minimum atomic E-state index is -0.172. The second-order valence-electron chi connectivity index (χ2n) is 5.64. The summed E-state index contributed by atoms with van der Waals surface area (Å²) in [6.45, 7) is 0. The van der Waals surface area contributed by atoms with Crippen LogP contribution in [0.4, 0.5) is 0 Å². The van der Waals surface area contributed by atoms with Crippen LogP contribution in [0, 0.1) is 0 Å². The van der Waals surface area contributed by atoms with Gasteiger partial charge in [-0.15, -0.1) is 11.8 Å². The van der Waals surface area contributed by atoms with Gasteiger partial charge in [0.05, 0.1) is 12.6 Å². The van der Waals surface area contributed by atoms with Gasteiger partial charge in [-0.25, -0.2) is 5.43 Å². The average molecular weight is 372 g/mol. The van der Waals surface area contributed by atoms with Gasteiger partial charge >= 0.3 is 0 Å². The molecule has 0 aliphatic heterocycles. The maximum atomic E-state index is 12.2. The Balaban J connectivity index is 1.70. The minimum absolute atomic E-state index is 0.172. The molecule has 1 amide bonds. The fourth-order valence-corrected chi connectivity index (χ4v) is 3.54. The average Bonchev–Trinajstić information content (AvgIpc) is 2.92. The molecule has 0 aliphatic rings. The number of carbonyl (C=O) groups excluding carboxylic acids is 1. The second-order valence-corrected chi connectivity index (χ2v) is 6.92. The normalized spacial score (nSPS) is 11.3. The summed E-state index contributed by atoms with van der Waals surface area (Å²) in [6, 6.07) is 13.6. The first kappa shape index (κ1) is 17.6. The van der Waals surface area contributed by atoms with Crippen molar-refractivity contribution in [1.29, 1.82) is 0 Å². The van der Waals surface area contributed by atoms with Gasteiger partial charge in [0.2, 0.25) is 5.91 Å². The summed E-state index contributed by atoms with van der Waals surface area (Å²) >= 11 is 7.62. The van der Waals surface area contributed by atoms with Crippen molar-refractivity contribution < 1.29 is 4.79 Å². The number of benzene rings is 2. The Morgan fingerprint density at radius 2 is 2.12 bits per heavy atom. The van der Waals surface area contributed by atoms with Gasteiger partial charge in [0.15, 0.2) is 0 Å². The van der Waals surface area contributed by atoms with Crippen LogP contribution in [0.1, 0.15) is 11.1 Å². The molecule has 0 saturated carbocycles. The molecule has 1 aromatic heterocycles. The molecule has 2 aromatic carbocycles. The van der Waals surface area contributed by atoms with Crippen LogP contribution in [-0.4, -0.2) is 22.9 Å². The van der Waals surface area contributed by atoms with Crippen LogP contribution < -0.4 is 5.43 Å². The van der Waals surface area contributed by atoms with Gasteiger partial charge in [0.25, 0.3) is 0 Å². The molecule has 0 bridgehead atoms. The lowest BCUT2D eigenvalue weighted by atomic mass is 10.1. The molecule has 0 spiro atoms. The van der Waals surface area contributed by atoms with Crippen molar-refractivity contribution in [3.05, 3.63) is 64.8 Å². The molecule has 6 heteroatoms. The van der Waals surface area contributed by atoms with E-state index in [1.807, 2.05) is 66.5 Å². The summed E-state index contributed by atoms with van der Waals surface area (Å²) in [4.78, 5) is 13.2. The van der Waals surface area contributed by atoms with Crippen LogP contribution >= 0.6 is 23.4 Å². The van der Waals surface area contributed by atoms with Gasteiger partial charge < -0.3 is 4.57 Å². The van der Waals surface area contributed by atoms with Crippen LogP contribution in [0.5, 0.6) is 0 Å². The quantitative estimate of drug-likeness (QED) is 0.414. The van der Waals surface area contributed by atoms with Crippen molar-refractivity contribution in [1.82, 2.24) is 9.99 Å². The van der Waals surface area contributed by atoms with Gasteiger partial charge in [-0.05, 0) is 36.1 Å². The van der Waals surface area contributed by atoms with Crippen LogP contribution in [0.15, 0.2) is 58.7 Å². The number of nitrogens with one attached hydrogen (secondary N) is 1. The Kier molecular flexibility index (Phi) is 5.46. The zero-order valence-corrected chi connectivity index (χ0v) is 15.6. The van der Waals surface area contributed by atoms with Crippen molar-refractivity contribution in [3.8, 4) is 0 Å². The summed E-state index contributed by atoms with van der Waals surface area (Å²) in [6.07, 6.45) is 5.88. The van der Waals surface area contributed by atoms with Crippen molar-refractivity contribution in [2.45, 2.75) is 11.3 Å². The number of para-hydroxylation sites is 1. The summed E-state index contributed by atoms with van der Waals surface area (Å²) in [5.41, 5.74) is 5.58. The number of aromatic nitrogens is 1. The Morgan fingerprint density at radius 1 is 1.32 bits per heavy atom. The molecule has 0 atom stereocenters. The Morgan fingerprint density at radius 3 is 2.92 bits per heavy atom. The molecule has 3 rings (SSSR count). The van der Waals surface area contributed by atoms with E-state index in [2.05, 4.69) is 10.5 Å². The van der Waals surface area contributed by atoms with Crippen molar-refractivity contribution in [3.63, 3.8) is 0 Å². The summed E-state index contributed by atoms with van der Waals surface area (Å²) in [5, 5.41) is 5.83. The highest BCUT2D eigenvalue weighted by Crippen LogP contribution is 2.24. The molecule has 25 heavy (non-hydrogen) atoms. The second kappa shape index (κ2) is 7.76. The monoisotopic (exact) mass is 371 g/mol. The number of carbonyl (C=O) groups is 1. The molecule has 1 heterocycles. The topological polar surface area (TPSA) is 46.4 Å². The zero-order chi connectivity index (χ0) is 17.8. The summed E-state index contributed by atoms with van der Waals surface area (Å²) < 4.78 is 2.04. The number of amides is 1. The molecular weight excluding hydrogens is 354 g/mol. The molecule has 0 radical (unpaired) electrons. The van der Waals surface area contributed by atoms with E-state index in [0.717, 1.165) is 26.9 Å². The first-order valence-electron chi connectivity index (χ1n) is 7.77. The van der Waals surface area contributed by atoms with Crippen molar-refractivity contribution in [2.75, 3.05) is 6.26 Å². The molecule has 1 N–H and O–H groups in total. The highest BCUT2D eigenvalue weighted by Gasteiger charge is 2.08. The third-order valence-electron chi connectivity index (χ3n) is 3.91. The predicted molar refractivity (Wildman–Crippen MR) is 106 cm³/mol.